The van der Waals surface area contributed by atoms with E-state index in [1.165, 1.54) is 16.1 Å². The summed E-state index contributed by atoms with van der Waals surface area (Å²) in [5.41, 5.74) is -0.0245. The number of alkyl halides is 3. The van der Waals surface area contributed by atoms with Crippen LogP contribution in [0, 0.1) is 0 Å². The molecule has 0 atom stereocenters. The molecule has 174 valence electrons. The Morgan fingerprint density at radius 2 is 1.85 bits per heavy atom. The van der Waals surface area contributed by atoms with Crippen molar-refractivity contribution in [3.05, 3.63) is 30.1 Å². The maximum absolute atomic E-state index is 13.2. The number of nitrogens with zero attached hydrogens (tertiary/aromatic N) is 7. The number of rotatable bonds is 5. The normalized spacial score (nSPS) is 15.0. The van der Waals surface area contributed by atoms with E-state index in [0.29, 0.717) is 11.5 Å². The molecule has 13 heteroatoms. The van der Waals surface area contributed by atoms with Crippen molar-refractivity contribution < 1.29 is 21.6 Å². The molecule has 1 aliphatic rings. The van der Waals surface area contributed by atoms with Gasteiger partial charge in [-0.1, -0.05) is 6.92 Å². The van der Waals surface area contributed by atoms with Gasteiger partial charge in [0.2, 0.25) is 0 Å². The summed E-state index contributed by atoms with van der Waals surface area (Å²) in [6, 6.07) is 2.90. The average molecular weight is 479 g/mol. The highest BCUT2D eigenvalue weighted by atomic mass is 32.2. The molecule has 1 aliphatic carbocycles. The van der Waals surface area contributed by atoms with Crippen molar-refractivity contribution in [3.63, 3.8) is 0 Å². The molecule has 0 N–H and O–H groups in total. The Bertz CT molecular complexity index is 1490. The zero-order chi connectivity index (χ0) is 23.7. The van der Waals surface area contributed by atoms with Gasteiger partial charge in [-0.25, -0.2) is 23.4 Å². The molecule has 1 fully saturated rings. The zero-order valence-corrected chi connectivity index (χ0v) is 18.8. The van der Waals surface area contributed by atoms with E-state index in [-0.39, 0.29) is 39.5 Å². The van der Waals surface area contributed by atoms with Crippen LogP contribution >= 0.6 is 0 Å². The van der Waals surface area contributed by atoms with Crippen LogP contribution in [0.2, 0.25) is 0 Å². The summed E-state index contributed by atoms with van der Waals surface area (Å²) in [6.07, 6.45) is -0.258. The van der Waals surface area contributed by atoms with Crippen molar-refractivity contribution in [1.82, 2.24) is 33.9 Å². The van der Waals surface area contributed by atoms with Gasteiger partial charge in [-0.05, 0) is 25.0 Å². The molecule has 9 nitrogen and oxygen atoms in total. The molecule has 0 bridgehead atoms. The molecule has 0 aliphatic heterocycles. The van der Waals surface area contributed by atoms with Crippen molar-refractivity contribution in [1.29, 1.82) is 0 Å². The molecule has 0 radical (unpaired) electrons. The van der Waals surface area contributed by atoms with E-state index < -0.39 is 21.6 Å². The lowest BCUT2D eigenvalue weighted by Crippen LogP contribution is -2.12. The van der Waals surface area contributed by atoms with Crippen LogP contribution in [0.4, 0.5) is 13.2 Å². The molecule has 0 saturated heterocycles. The number of fused-ring (bicyclic) bond motifs is 1. The number of pyridine rings is 1. The maximum Gasteiger partial charge on any atom is 0.417 e. The van der Waals surface area contributed by atoms with E-state index in [0.717, 1.165) is 25.1 Å². The first-order valence-electron chi connectivity index (χ1n) is 10.3. The van der Waals surface area contributed by atoms with Crippen LogP contribution in [0.15, 0.2) is 29.6 Å². The van der Waals surface area contributed by atoms with Crippen LogP contribution in [-0.4, -0.2) is 48.0 Å². The van der Waals surface area contributed by atoms with Crippen LogP contribution < -0.4 is 0 Å². The lowest BCUT2D eigenvalue weighted by atomic mass is 10.2. The van der Waals surface area contributed by atoms with Crippen LogP contribution in [0.3, 0.4) is 0 Å². The van der Waals surface area contributed by atoms with E-state index in [9.17, 15) is 21.6 Å². The average Bonchev–Trinajstić information content (AvgIpc) is 3.24. The summed E-state index contributed by atoms with van der Waals surface area (Å²) in [4.78, 5) is 12.8. The molecule has 5 rings (SSSR count). The number of hydrogen-bond acceptors (Lipinski definition) is 6. The number of halogens is 3. The van der Waals surface area contributed by atoms with Gasteiger partial charge in [0.05, 0.1) is 17.4 Å². The predicted octanol–water partition coefficient (Wildman–Crippen LogP) is 3.38. The highest BCUT2D eigenvalue weighted by Crippen LogP contribution is 2.39. The van der Waals surface area contributed by atoms with Gasteiger partial charge in [0.25, 0.3) is 0 Å². The van der Waals surface area contributed by atoms with Crippen LogP contribution in [-0.2, 0) is 30.1 Å². The minimum absolute atomic E-state index is 0.00241. The summed E-state index contributed by atoms with van der Waals surface area (Å²) in [5, 5.41) is 4.29. The molecule has 1 saturated carbocycles. The first kappa shape index (κ1) is 21.6. The zero-order valence-electron chi connectivity index (χ0n) is 18.0. The Labute approximate surface area is 186 Å². The Morgan fingerprint density at radius 3 is 2.48 bits per heavy atom. The number of sulfone groups is 1. The molecule has 0 amide bonds. The number of hydrogen-bond donors (Lipinski definition) is 0. The van der Waals surface area contributed by atoms with Crippen LogP contribution in [0.1, 0.15) is 31.4 Å². The first-order chi connectivity index (χ1) is 15.5. The van der Waals surface area contributed by atoms with Gasteiger partial charge in [-0.15, -0.1) is 0 Å². The second-order valence-corrected chi connectivity index (χ2v) is 10.2. The summed E-state index contributed by atoms with van der Waals surface area (Å²) < 4.78 is 70.3. The number of aryl methyl sites for hydroxylation is 1. The van der Waals surface area contributed by atoms with E-state index in [2.05, 4.69) is 20.1 Å². The van der Waals surface area contributed by atoms with Crippen molar-refractivity contribution in [3.8, 4) is 23.0 Å². The quantitative estimate of drug-likeness (QED) is 0.435. The highest BCUT2D eigenvalue weighted by molar-refractivity contribution is 7.91. The fraction of sp³-hybridized carbons (Fsp3) is 0.400. The van der Waals surface area contributed by atoms with E-state index >= 15 is 0 Å². The summed E-state index contributed by atoms with van der Waals surface area (Å²) >= 11 is 0. The minimum atomic E-state index is -4.57. The van der Waals surface area contributed by atoms with Gasteiger partial charge >= 0.3 is 6.18 Å². The van der Waals surface area contributed by atoms with Crippen molar-refractivity contribution in [2.24, 2.45) is 14.1 Å². The Hall–Kier alpha value is -3.22. The van der Waals surface area contributed by atoms with Gasteiger partial charge < -0.3 is 9.13 Å². The molecular weight excluding hydrogens is 459 g/mol. The van der Waals surface area contributed by atoms with Gasteiger partial charge in [0.15, 0.2) is 32.2 Å². The topological polar surface area (TPSA) is 100 Å². The van der Waals surface area contributed by atoms with E-state index in [4.69, 9.17) is 0 Å². The first-order valence-corrected chi connectivity index (χ1v) is 11.9. The standard InChI is InChI=1S/C20H20F3N7O2S/c1-4-33(31,32)19-15(27-17(29(19)3)14-7-8-25-30(14)12-5-6-12)18-26-13-9-11(20(21,22)23)10-24-16(13)28(18)2/h7-10,12H,4-6H2,1-3H3. The van der Waals surface area contributed by atoms with Gasteiger partial charge in [-0.2, -0.15) is 18.3 Å². The molecule has 0 spiro atoms. The second kappa shape index (κ2) is 7.14. The third-order valence-electron chi connectivity index (χ3n) is 5.76. The van der Waals surface area contributed by atoms with Crippen molar-refractivity contribution >= 4 is 21.0 Å². The van der Waals surface area contributed by atoms with Crippen LogP contribution in [0.25, 0.3) is 34.2 Å². The van der Waals surface area contributed by atoms with Crippen LogP contribution in [0.5, 0.6) is 0 Å². The largest absolute Gasteiger partial charge is 0.417 e. The predicted molar refractivity (Wildman–Crippen MR) is 113 cm³/mol. The fourth-order valence-corrected chi connectivity index (χ4v) is 5.10. The highest BCUT2D eigenvalue weighted by Gasteiger charge is 2.34. The number of aromatic nitrogens is 7. The fourth-order valence-electron chi connectivity index (χ4n) is 3.90. The summed E-state index contributed by atoms with van der Waals surface area (Å²) in [7, 11) is -0.600. The molecule has 0 unspecified atom stereocenters. The number of imidazole rings is 2. The van der Waals surface area contributed by atoms with E-state index in [1.54, 1.807) is 26.4 Å². The minimum Gasteiger partial charge on any atom is -0.316 e. The smallest absolute Gasteiger partial charge is 0.316 e. The Balaban J connectivity index is 1.76. The molecule has 4 aromatic heterocycles. The van der Waals surface area contributed by atoms with Gasteiger partial charge in [-0.3, -0.25) is 4.68 Å². The lowest BCUT2D eigenvalue weighted by Gasteiger charge is -2.08. The monoisotopic (exact) mass is 479 g/mol. The van der Waals surface area contributed by atoms with Gasteiger partial charge in [0.1, 0.15) is 16.9 Å². The summed E-state index contributed by atoms with van der Waals surface area (Å²) in [5.74, 6) is 0.321. The third kappa shape index (κ3) is 3.41. The third-order valence-corrected chi connectivity index (χ3v) is 7.57. The maximum atomic E-state index is 13.2. The van der Waals surface area contributed by atoms with Gasteiger partial charge in [0, 0.05) is 26.5 Å². The Morgan fingerprint density at radius 1 is 1.12 bits per heavy atom. The Kier molecular flexibility index (Phi) is 4.68. The summed E-state index contributed by atoms with van der Waals surface area (Å²) in [6.45, 7) is 1.52. The lowest BCUT2D eigenvalue weighted by molar-refractivity contribution is -0.137. The van der Waals surface area contributed by atoms with E-state index in [1.807, 2.05) is 4.68 Å². The molecule has 33 heavy (non-hydrogen) atoms. The molecule has 4 heterocycles. The molecule has 4 aromatic rings. The van der Waals surface area contributed by atoms with Crippen molar-refractivity contribution in [2.45, 2.75) is 37.0 Å². The SMILES string of the molecule is CCS(=O)(=O)c1c(-c2nc3cc(C(F)(F)F)cnc3n2C)nc(-c2ccnn2C2CC2)n1C. The molecule has 0 aromatic carbocycles. The molecular formula is C20H20F3N7O2S. The second-order valence-electron chi connectivity index (χ2n) is 8.00. The van der Waals surface area contributed by atoms with Crippen molar-refractivity contribution in [2.75, 3.05) is 5.75 Å².